The highest BCUT2D eigenvalue weighted by Crippen LogP contribution is 1.95. The summed E-state index contributed by atoms with van der Waals surface area (Å²) in [6, 6.07) is 0. The van der Waals surface area contributed by atoms with Gasteiger partial charge >= 0.3 is 5.97 Å². The van der Waals surface area contributed by atoms with Crippen LogP contribution in [-0.4, -0.2) is 34.7 Å². The minimum atomic E-state index is -0.981. The molecular weight excluding hydrogens is 256 g/mol. The van der Waals surface area contributed by atoms with Gasteiger partial charge in [-0.05, 0) is 0 Å². The van der Waals surface area contributed by atoms with E-state index in [1.807, 2.05) is 5.32 Å². The second-order valence-corrected chi connectivity index (χ2v) is 3.20. The lowest BCUT2D eigenvalue weighted by Gasteiger charge is -1.80. The Balaban J connectivity index is 0.000000261. The molecule has 0 unspecified atom stereocenters. The maximum Gasteiger partial charge on any atom is 0.327 e. The summed E-state index contributed by atoms with van der Waals surface area (Å²) in [7, 11) is 0. The van der Waals surface area contributed by atoms with Crippen molar-refractivity contribution in [3.05, 3.63) is 24.8 Å². The van der Waals surface area contributed by atoms with E-state index in [2.05, 4.69) is 11.9 Å². The Morgan fingerprint density at radius 3 is 1.53 bits per heavy atom. The van der Waals surface area contributed by atoms with E-state index < -0.39 is 5.97 Å². The first kappa shape index (κ1) is 16.2. The van der Waals surface area contributed by atoms with Gasteiger partial charge in [0.1, 0.15) is 0 Å². The smallest absolute Gasteiger partial charge is 0.327 e. The van der Waals surface area contributed by atoms with E-state index >= 15 is 0 Å². The van der Waals surface area contributed by atoms with Gasteiger partial charge in [0.25, 0.3) is 11.8 Å². The molecule has 1 fully saturated rings. The molecular formula is C11H12N2O6. The molecule has 0 bridgehead atoms. The van der Waals surface area contributed by atoms with Crippen molar-refractivity contribution in [1.29, 1.82) is 0 Å². The first-order chi connectivity index (χ1) is 8.85. The summed E-state index contributed by atoms with van der Waals surface area (Å²) in [4.78, 5) is 49.6. The fraction of sp³-hybridized carbons (Fsp3) is 0.182. The Bertz CT molecular complexity index is 422. The number of carboxylic acids is 1. The van der Waals surface area contributed by atoms with Crippen molar-refractivity contribution in [2.75, 3.05) is 0 Å². The lowest BCUT2D eigenvalue weighted by molar-refractivity contribution is -0.131. The Labute approximate surface area is 108 Å². The Kier molecular flexibility index (Phi) is 7.12. The molecule has 2 aliphatic rings. The van der Waals surface area contributed by atoms with Crippen molar-refractivity contribution >= 4 is 29.6 Å². The van der Waals surface area contributed by atoms with E-state index in [4.69, 9.17) is 5.11 Å². The fourth-order valence-corrected chi connectivity index (χ4v) is 0.864. The molecule has 8 nitrogen and oxygen atoms in total. The van der Waals surface area contributed by atoms with Gasteiger partial charge in [0, 0.05) is 31.1 Å². The van der Waals surface area contributed by atoms with Crippen molar-refractivity contribution < 1.29 is 29.1 Å². The summed E-state index contributed by atoms with van der Waals surface area (Å²) in [6.45, 7) is 2.96. The molecule has 2 heterocycles. The molecule has 0 saturated carbocycles. The van der Waals surface area contributed by atoms with E-state index in [1.54, 1.807) is 0 Å². The quantitative estimate of drug-likeness (QED) is 0.408. The Hall–Kier alpha value is -2.77. The number of carbonyl (C=O) groups excluding carboxylic acids is 4. The van der Waals surface area contributed by atoms with Gasteiger partial charge in [-0.3, -0.25) is 29.8 Å². The molecule has 3 N–H and O–H groups in total. The molecule has 0 spiro atoms. The van der Waals surface area contributed by atoms with Crippen LogP contribution in [0.2, 0.25) is 0 Å². The van der Waals surface area contributed by atoms with Crippen LogP contribution in [0.4, 0.5) is 0 Å². The number of aliphatic carboxylic acids is 1. The lowest BCUT2D eigenvalue weighted by Crippen LogP contribution is -2.19. The van der Waals surface area contributed by atoms with Crippen molar-refractivity contribution in [3.63, 3.8) is 0 Å². The summed E-state index contributed by atoms with van der Waals surface area (Å²) in [6.07, 6.45) is 3.97. The Morgan fingerprint density at radius 1 is 1.05 bits per heavy atom. The molecule has 0 radical (unpaired) electrons. The van der Waals surface area contributed by atoms with Crippen LogP contribution >= 0.6 is 0 Å². The highest BCUT2D eigenvalue weighted by atomic mass is 16.4. The monoisotopic (exact) mass is 268 g/mol. The minimum absolute atomic E-state index is 0.148. The van der Waals surface area contributed by atoms with Crippen molar-refractivity contribution in [3.8, 4) is 0 Å². The first-order valence-corrected chi connectivity index (χ1v) is 5.06. The summed E-state index contributed by atoms with van der Waals surface area (Å²) >= 11 is 0. The molecule has 4 amide bonds. The number of carboxylic acid groups (broad SMARTS) is 1. The standard InChI is InChI=1S/C4H5NO2.C4H3NO2.C3H4O2/c2*6-3-1-2-4(7)5-3;1-2-3(4)5/h1-2H2,(H,5,6,7);1-2H,(H,5,6,7);2H,1H2,(H,4,5). The SMILES string of the molecule is C=CC(=O)O.O=C1C=CC(=O)N1.O=C1CCC(=O)N1. The maximum absolute atomic E-state index is 10.1. The molecule has 0 aromatic carbocycles. The number of hydrogen-bond acceptors (Lipinski definition) is 5. The summed E-state index contributed by atoms with van der Waals surface area (Å²) in [5, 5.41) is 11.8. The molecule has 19 heavy (non-hydrogen) atoms. The molecule has 0 atom stereocenters. The average Bonchev–Trinajstić information content (AvgIpc) is 2.89. The number of imide groups is 2. The molecule has 2 rings (SSSR count). The molecule has 2 aliphatic heterocycles. The zero-order valence-electron chi connectivity index (χ0n) is 9.84. The van der Waals surface area contributed by atoms with Gasteiger partial charge in [0.2, 0.25) is 11.8 Å². The third-order valence-corrected chi connectivity index (χ3v) is 1.67. The summed E-state index contributed by atoms with van der Waals surface area (Å²) in [5.74, 6) is -1.94. The third-order valence-electron chi connectivity index (χ3n) is 1.67. The number of hydrogen-bond donors (Lipinski definition) is 3. The van der Waals surface area contributed by atoms with Gasteiger partial charge in [0.15, 0.2) is 0 Å². The molecule has 1 saturated heterocycles. The number of rotatable bonds is 1. The van der Waals surface area contributed by atoms with E-state index in [0.29, 0.717) is 12.8 Å². The molecule has 0 aliphatic carbocycles. The van der Waals surface area contributed by atoms with Crippen LogP contribution in [0.5, 0.6) is 0 Å². The fourth-order valence-electron chi connectivity index (χ4n) is 0.864. The first-order valence-electron chi connectivity index (χ1n) is 5.06. The van der Waals surface area contributed by atoms with Gasteiger partial charge < -0.3 is 5.11 Å². The number of amides is 4. The molecule has 102 valence electrons. The predicted molar refractivity (Wildman–Crippen MR) is 62.5 cm³/mol. The minimum Gasteiger partial charge on any atom is -0.478 e. The van der Waals surface area contributed by atoms with Crippen LogP contribution < -0.4 is 10.6 Å². The molecule has 8 heteroatoms. The second-order valence-electron chi connectivity index (χ2n) is 3.20. The largest absolute Gasteiger partial charge is 0.478 e. The highest BCUT2D eigenvalue weighted by Gasteiger charge is 2.15. The van der Waals surface area contributed by atoms with E-state index in [-0.39, 0.29) is 23.6 Å². The lowest BCUT2D eigenvalue weighted by atomic mass is 10.4. The van der Waals surface area contributed by atoms with Gasteiger partial charge in [-0.15, -0.1) is 0 Å². The van der Waals surface area contributed by atoms with Crippen LogP contribution in [0.15, 0.2) is 24.8 Å². The van der Waals surface area contributed by atoms with Gasteiger partial charge in [0.05, 0.1) is 0 Å². The zero-order chi connectivity index (χ0) is 14.8. The van der Waals surface area contributed by atoms with E-state index in [1.165, 1.54) is 12.2 Å². The summed E-state index contributed by atoms with van der Waals surface area (Å²) < 4.78 is 0. The van der Waals surface area contributed by atoms with E-state index in [0.717, 1.165) is 6.08 Å². The van der Waals surface area contributed by atoms with Crippen molar-refractivity contribution in [1.82, 2.24) is 10.6 Å². The number of nitrogens with one attached hydrogen (secondary N) is 2. The Morgan fingerprint density at radius 2 is 1.42 bits per heavy atom. The van der Waals surface area contributed by atoms with Gasteiger partial charge in [-0.2, -0.15) is 0 Å². The highest BCUT2D eigenvalue weighted by molar-refractivity contribution is 6.12. The average molecular weight is 268 g/mol. The van der Waals surface area contributed by atoms with E-state index in [9.17, 15) is 24.0 Å². The number of carbonyl (C=O) groups is 5. The van der Waals surface area contributed by atoms with Gasteiger partial charge in [-0.25, -0.2) is 4.79 Å². The molecule has 0 aromatic heterocycles. The van der Waals surface area contributed by atoms with Crippen molar-refractivity contribution in [2.45, 2.75) is 12.8 Å². The van der Waals surface area contributed by atoms with Crippen LogP contribution in [0.3, 0.4) is 0 Å². The zero-order valence-corrected chi connectivity index (χ0v) is 9.84. The van der Waals surface area contributed by atoms with Crippen LogP contribution in [-0.2, 0) is 24.0 Å². The van der Waals surface area contributed by atoms with Gasteiger partial charge in [-0.1, -0.05) is 6.58 Å². The predicted octanol–water partition coefficient (Wildman–Crippen LogP) is -1.12. The van der Waals surface area contributed by atoms with Crippen LogP contribution in [0.1, 0.15) is 12.8 Å². The van der Waals surface area contributed by atoms with Crippen LogP contribution in [0.25, 0.3) is 0 Å². The molecule has 0 aromatic rings. The van der Waals surface area contributed by atoms with Crippen molar-refractivity contribution in [2.24, 2.45) is 0 Å². The van der Waals surface area contributed by atoms with Crippen LogP contribution in [0, 0.1) is 0 Å². The normalized spacial score (nSPS) is 15.6. The second kappa shape index (κ2) is 8.34. The summed E-state index contributed by atoms with van der Waals surface area (Å²) in [5.41, 5.74) is 0. The maximum atomic E-state index is 10.1. The topological polar surface area (TPSA) is 130 Å². The third kappa shape index (κ3) is 8.98.